The number of aromatic nitrogens is 2. The van der Waals surface area contributed by atoms with Gasteiger partial charge in [-0.05, 0) is 78.1 Å². The molecule has 4 aromatic carbocycles. The predicted octanol–water partition coefficient (Wildman–Crippen LogP) is 6.45. The van der Waals surface area contributed by atoms with Gasteiger partial charge in [-0.1, -0.05) is 55.5 Å². The molecule has 2 aliphatic rings. The van der Waals surface area contributed by atoms with Crippen LogP contribution in [0.1, 0.15) is 34.0 Å². The van der Waals surface area contributed by atoms with Crippen LogP contribution in [-0.2, 0) is 10.8 Å². The molecule has 0 bridgehead atoms. The normalized spacial score (nSPS) is 24.0. The summed E-state index contributed by atoms with van der Waals surface area (Å²) in [6, 6.07) is 31.2. The lowest BCUT2D eigenvalue weighted by atomic mass is 9.80. The number of fused-ring (bicyclic) bond motifs is 2. The second-order valence-electron chi connectivity index (χ2n) is 10.9. The smallest absolute Gasteiger partial charge is 0.253 e. The van der Waals surface area contributed by atoms with Crippen molar-refractivity contribution in [1.29, 1.82) is 0 Å². The summed E-state index contributed by atoms with van der Waals surface area (Å²) in [4.78, 5) is 15.5. The number of hydrogen-bond acceptors (Lipinski definition) is 2. The van der Waals surface area contributed by atoms with E-state index in [2.05, 4.69) is 61.4 Å². The van der Waals surface area contributed by atoms with Crippen LogP contribution in [-0.4, -0.2) is 33.7 Å². The van der Waals surface area contributed by atoms with E-state index in [0.29, 0.717) is 12.5 Å². The minimum absolute atomic E-state index is 0.0763. The molecule has 0 radical (unpaired) electrons. The Balaban J connectivity index is 1.34. The van der Waals surface area contributed by atoms with Gasteiger partial charge >= 0.3 is 0 Å². The fraction of sp³-hybridized carbons (Fsp3) is 0.212. The molecule has 5 heteroatoms. The summed E-state index contributed by atoms with van der Waals surface area (Å²) in [6.07, 6.45) is 1.89. The molecule has 1 saturated heterocycles. The minimum Gasteiger partial charge on any atom is -0.337 e. The molecule has 2 fully saturated rings. The summed E-state index contributed by atoms with van der Waals surface area (Å²) in [7, 11) is 0. The van der Waals surface area contributed by atoms with Crippen LogP contribution in [0.15, 0.2) is 103 Å². The van der Waals surface area contributed by atoms with E-state index in [0.717, 1.165) is 28.7 Å². The van der Waals surface area contributed by atoms with Crippen molar-refractivity contribution in [2.45, 2.75) is 24.7 Å². The Morgan fingerprint density at radius 2 is 1.63 bits per heavy atom. The number of rotatable bonds is 4. The zero-order valence-electron chi connectivity index (χ0n) is 21.4. The van der Waals surface area contributed by atoms with E-state index < -0.39 is 0 Å². The standard InChI is InChI=1S/C33H28FN3O/c1-22-17-29-24(19-35-37(29)27-15-13-26(34)14-16-27)18-28(22)33-21-36(31(38)23-9-5-3-6-10-23)20-30(33)32(33,2)25-11-7-4-8-12-25/h3-19,30H,20-21H2,1-2H3/t30-,32+,33+/m0/s1. The van der Waals surface area contributed by atoms with Crippen LogP contribution in [0, 0.1) is 18.7 Å². The predicted molar refractivity (Wildman–Crippen MR) is 147 cm³/mol. The van der Waals surface area contributed by atoms with Crippen molar-refractivity contribution in [2.24, 2.45) is 5.92 Å². The molecule has 7 rings (SSSR count). The molecular weight excluding hydrogens is 473 g/mol. The van der Waals surface area contributed by atoms with E-state index >= 15 is 0 Å². The van der Waals surface area contributed by atoms with Gasteiger partial charge in [0.05, 0.1) is 17.4 Å². The topological polar surface area (TPSA) is 38.1 Å². The highest BCUT2D eigenvalue weighted by Gasteiger charge is 2.78. The molecule has 5 aromatic rings. The van der Waals surface area contributed by atoms with E-state index in [-0.39, 0.29) is 22.6 Å². The number of carbonyl (C=O) groups is 1. The zero-order chi connectivity index (χ0) is 26.1. The first kappa shape index (κ1) is 22.9. The highest BCUT2D eigenvalue weighted by molar-refractivity contribution is 5.95. The van der Waals surface area contributed by atoms with Crippen LogP contribution in [0.4, 0.5) is 4.39 Å². The Kier molecular flexibility index (Phi) is 4.90. The van der Waals surface area contributed by atoms with Gasteiger partial charge in [-0.2, -0.15) is 5.10 Å². The van der Waals surface area contributed by atoms with E-state index in [4.69, 9.17) is 0 Å². The molecular formula is C33H28FN3O. The third-order valence-electron chi connectivity index (χ3n) is 9.13. The van der Waals surface area contributed by atoms with Crippen molar-refractivity contribution < 1.29 is 9.18 Å². The van der Waals surface area contributed by atoms with Crippen LogP contribution in [0.2, 0.25) is 0 Å². The Hall–Kier alpha value is -4.25. The van der Waals surface area contributed by atoms with E-state index in [1.54, 1.807) is 12.1 Å². The van der Waals surface area contributed by atoms with Crippen molar-refractivity contribution in [2.75, 3.05) is 13.1 Å². The van der Waals surface area contributed by atoms with Crippen LogP contribution < -0.4 is 0 Å². The second kappa shape index (κ2) is 8.12. The van der Waals surface area contributed by atoms with Gasteiger partial charge in [0.1, 0.15) is 5.82 Å². The maximum absolute atomic E-state index is 13.5. The van der Waals surface area contributed by atoms with Crippen molar-refractivity contribution in [3.8, 4) is 5.69 Å². The van der Waals surface area contributed by atoms with Gasteiger partial charge in [-0.15, -0.1) is 0 Å². The maximum Gasteiger partial charge on any atom is 0.253 e. The first-order valence-electron chi connectivity index (χ1n) is 13.1. The van der Waals surface area contributed by atoms with Crippen molar-refractivity contribution in [3.05, 3.63) is 131 Å². The summed E-state index contributed by atoms with van der Waals surface area (Å²) in [5, 5.41) is 5.69. The number of benzene rings is 4. The number of aryl methyl sites for hydroxylation is 1. The summed E-state index contributed by atoms with van der Waals surface area (Å²) in [6.45, 7) is 5.93. The molecule has 4 nitrogen and oxygen atoms in total. The highest BCUT2D eigenvalue weighted by atomic mass is 19.1. The van der Waals surface area contributed by atoms with Gasteiger partial charge in [-0.3, -0.25) is 4.79 Å². The van der Waals surface area contributed by atoms with Gasteiger partial charge in [-0.25, -0.2) is 9.07 Å². The van der Waals surface area contributed by atoms with Crippen molar-refractivity contribution >= 4 is 16.8 Å². The largest absolute Gasteiger partial charge is 0.337 e. The third kappa shape index (κ3) is 3.08. The number of nitrogens with zero attached hydrogens (tertiary/aromatic N) is 3. The fourth-order valence-electron chi connectivity index (χ4n) is 7.15. The number of likely N-dealkylation sites (tertiary alicyclic amines) is 1. The Morgan fingerprint density at radius 3 is 2.34 bits per heavy atom. The van der Waals surface area contributed by atoms with Gasteiger partial charge < -0.3 is 4.90 Å². The molecule has 0 unspecified atom stereocenters. The number of piperidine rings is 1. The Labute approximate surface area is 221 Å². The van der Waals surface area contributed by atoms with Gasteiger partial charge in [0.2, 0.25) is 0 Å². The lowest BCUT2D eigenvalue weighted by Crippen LogP contribution is -2.38. The lowest BCUT2D eigenvalue weighted by Gasteiger charge is -2.31. The van der Waals surface area contributed by atoms with Crippen molar-refractivity contribution in [1.82, 2.24) is 14.7 Å². The molecule has 3 atom stereocenters. The molecule has 1 saturated carbocycles. The summed E-state index contributed by atoms with van der Waals surface area (Å²) in [5.41, 5.74) is 6.07. The average molecular weight is 502 g/mol. The zero-order valence-corrected chi connectivity index (χ0v) is 21.4. The first-order chi connectivity index (χ1) is 18.4. The second-order valence-corrected chi connectivity index (χ2v) is 10.9. The maximum atomic E-state index is 13.5. The van der Waals surface area contributed by atoms with Gasteiger partial charge in [0.25, 0.3) is 5.91 Å². The Morgan fingerprint density at radius 1 is 0.947 bits per heavy atom. The number of carbonyl (C=O) groups excluding carboxylic acids is 1. The molecule has 2 heterocycles. The van der Waals surface area contributed by atoms with Gasteiger partial charge in [0, 0.05) is 34.9 Å². The highest BCUT2D eigenvalue weighted by Crippen LogP contribution is 2.73. The molecule has 1 aliphatic heterocycles. The number of amides is 1. The molecule has 1 aromatic heterocycles. The SMILES string of the molecule is Cc1cc2c(cnn2-c2ccc(F)cc2)cc1[C@]12CN(C(=O)c3ccccc3)C[C@H]1[C@@]2(C)c1ccccc1. The van der Waals surface area contributed by atoms with Gasteiger partial charge in [0.15, 0.2) is 0 Å². The molecule has 1 amide bonds. The van der Waals surface area contributed by atoms with Crippen LogP contribution in [0.5, 0.6) is 0 Å². The molecule has 1 aliphatic carbocycles. The summed E-state index contributed by atoms with van der Waals surface area (Å²) < 4.78 is 15.4. The number of halogens is 1. The van der Waals surface area contributed by atoms with Crippen LogP contribution in [0.3, 0.4) is 0 Å². The Bertz CT molecular complexity index is 1680. The summed E-state index contributed by atoms with van der Waals surface area (Å²) >= 11 is 0. The monoisotopic (exact) mass is 501 g/mol. The molecule has 0 spiro atoms. The van der Waals surface area contributed by atoms with E-state index in [9.17, 15) is 9.18 Å². The van der Waals surface area contributed by atoms with E-state index in [1.807, 2.05) is 46.1 Å². The minimum atomic E-state index is -0.265. The fourth-order valence-corrected chi connectivity index (χ4v) is 7.15. The molecule has 188 valence electrons. The average Bonchev–Trinajstić information content (AvgIpc) is 3.29. The quantitative estimate of drug-likeness (QED) is 0.284. The van der Waals surface area contributed by atoms with Crippen LogP contribution >= 0.6 is 0 Å². The number of hydrogen-bond donors (Lipinski definition) is 0. The lowest BCUT2D eigenvalue weighted by molar-refractivity contribution is 0.0760. The molecule has 0 N–H and O–H groups in total. The van der Waals surface area contributed by atoms with E-state index in [1.165, 1.54) is 28.8 Å². The van der Waals surface area contributed by atoms with Crippen LogP contribution in [0.25, 0.3) is 16.6 Å². The summed E-state index contributed by atoms with van der Waals surface area (Å²) in [5.74, 6) is 0.141. The van der Waals surface area contributed by atoms with Crippen molar-refractivity contribution in [3.63, 3.8) is 0 Å². The third-order valence-corrected chi connectivity index (χ3v) is 9.13. The first-order valence-corrected chi connectivity index (χ1v) is 13.1. The molecule has 38 heavy (non-hydrogen) atoms.